The van der Waals surface area contributed by atoms with E-state index in [9.17, 15) is 0 Å². The number of aromatic nitrogens is 4. The van der Waals surface area contributed by atoms with Crippen LogP contribution >= 0.6 is 0 Å². The maximum absolute atomic E-state index is 6.27. The molecule has 13 rings (SSSR count). The van der Waals surface area contributed by atoms with Crippen LogP contribution in [0.5, 0.6) is 11.5 Å². The van der Waals surface area contributed by atoms with Crippen LogP contribution in [0.3, 0.4) is 0 Å². The normalized spacial score (nSPS) is 12.4. The largest absolute Gasteiger partial charge is 0.456 e. The Bertz CT molecular complexity index is 3670. The zero-order valence-electron chi connectivity index (χ0n) is 30.5. The second kappa shape index (κ2) is 11.4. The summed E-state index contributed by atoms with van der Waals surface area (Å²) in [6.45, 7) is 0. The zero-order valence-corrected chi connectivity index (χ0v) is 30.5. The predicted octanol–water partition coefficient (Wildman–Crippen LogP) is 13.6. The van der Waals surface area contributed by atoms with Gasteiger partial charge in [0.05, 0.1) is 38.7 Å². The van der Waals surface area contributed by atoms with E-state index in [1.54, 1.807) is 0 Å². The highest BCUT2D eigenvalue weighted by Gasteiger charge is 2.24. The van der Waals surface area contributed by atoms with Gasteiger partial charge < -0.3 is 13.9 Å². The van der Waals surface area contributed by atoms with Crippen LogP contribution in [0.25, 0.3) is 110 Å². The van der Waals surface area contributed by atoms with E-state index in [4.69, 9.17) is 14.7 Å². The standard InChI is InChI=1S/C52H30N4O/c1-2-13-32(14-3-1)55-42-20-7-4-16-38(42)48-36-24-25-37-35(34(36)26-28-44(48)55)27-29-45-49(37)39-17-5-8-21-43(39)56(45)33-15-10-12-31(30-33)52-53-41-19-11-23-47-50(41)51(54-52)40-18-6-9-22-46(40)57-47/h1-30H. The summed E-state index contributed by atoms with van der Waals surface area (Å²) < 4.78 is 11.0. The van der Waals surface area contributed by atoms with Crippen molar-refractivity contribution in [3.8, 4) is 45.5 Å². The fourth-order valence-electron chi connectivity index (χ4n) is 9.50. The smallest absolute Gasteiger partial charge is 0.160 e. The minimum Gasteiger partial charge on any atom is -0.456 e. The Balaban J connectivity index is 1.03. The van der Waals surface area contributed by atoms with Gasteiger partial charge in [-0.1, -0.05) is 109 Å². The molecule has 0 saturated carbocycles. The van der Waals surface area contributed by atoms with Crippen LogP contribution in [-0.4, -0.2) is 19.1 Å². The van der Waals surface area contributed by atoms with Gasteiger partial charge in [0.25, 0.3) is 0 Å². The lowest BCUT2D eigenvalue weighted by Crippen LogP contribution is -2.02. The molecule has 0 radical (unpaired) electrons. The molecule has 12 aromatic rings. The topological polar surface area (TPSA) is 44.9 Å². The van der Waals surface area contributed by atoms with Gasteiger partial charge >= 0.3 is 0 Å². The number of nitrogens with zero attached hydrogens (tertiary/aromatic N) is 4. The molecule has 0 amide bonds. The van der Waals surface area contributed by atoms with Gasteiger partial charge in [-0.25, -0.2) is 9.97 Å². The maximum atomic E-state index is 6.27. The van der Waals surface area contributed by atoms with E-state index < -0.39 is 0 Å². The Morgan fingerprint density at radius 3 is 1.68 bits per heavy atom. The maximum Gasteiger partial charge on any atom is 0.160 e. The summed E-state index contributed by atoms with van der Waals surface area (Å²) in [6.07, 6.45) is 0. The summed E-state index contributed by atoms with van der Waals surface area (Å²) in [5.41, 5.74) is 10.7. The molecule has 0 saturated heterocycles. The molecule has 5 nitrogen and oxygen atoms in total. The average molecular weight is 727 g/mol. The molecular weight excluding hydrogens is 697 g/mol. The van der Waals surface area contributed by atoms with Crippen molar-refractivity contribution in [3.05, 3.63) is 182 Å². The lowest BCUT2D eigenvalue weighted by Gasteiger charge is -2.20. The highest BCUT2D eigenvalue weighted by molar-refractivity contribution is 6.30. The van der Waals surface area contributed by atoms with Crippen molar-refractivity contribution < 1.29 is 4.74 Å². The summed E-state index contributed by atoms with van der Waals surface area (Å²) in [6, 6.07) is 64.9. The van der Waals surface area contributed by atoms with Gasteiger partial charge in [0, 0.05) is 44.0 Å². The fourth-order valence-corrected chi connectivity index (χ4v) is 9.50. The van der Waals surface area contributed by atoms with Crippen molar-refractivity contribution in [1.29, 1.82) is 0 Å². The van der Waals surface area contributed by atoms with E-state index in [-0.39, 0.29) is 0 Å². The van der Waals surface area contributed by atoms with Crippen molar-refractivity contribution in [2.24, 2.45) is 0 Å². The molecule has 57 heavy (non-hydrogen) atoms. The highest BCUT2D eigenvalue weighted by Crippen LogP contribution is 2.46. The second-order valence-corrected chi connectivity index (χ2v) is 14.9. The number of fused-ring (bicyclic) bond motifs is 13. The second-order valence-electron chi connectivity index (χ2n) is 14.9. The molecule has 1 aliphatic heterocycles. The van der Waals surface area contributed by atoms with Crippen molar-refractivity contribution in [2.45, 2.75) is 0 Å². The Morgan fingerprint density at radius 2 is 0.947 bits per heavy atom. The molecule has 0 aliphatic carbocycles. The number of hydrogen-bond donors (Lipinski definition) is 0. The van der Waals surface area contributed by atoms with Gasteiger partial charge in [0.1, 0.15) is 11.5 Å². The first-order chi connectivity index (χ1) is 28.3. The van der Waals surface area contributed by atoms with Crippen LogP contribution in [0.15, 0.2) is 182 Å². The number of ether oxygens (including phenoxy) is 1. The fraction of sp³-hybridized carbons (Fsp3) is 0. The lowest BCUT2D eigenvalue weighted by molar-refractivity contribution is 0.486. The molecule has 9 aromatic carbocycles. The third kappa shape index (κ3) is 4.23. The van der Waals surface area contributed by atoms with Gasteiger partial charge in [-0.2, -0.15) is 0 Å². The minimum atomic E-state index is 0.686. The van der Waals surface area contributed by atoms with Crippen molar-refractivity contribution in [2.75, 3.05) is 0 Å². The van der Waals surface area contributed by atoms with Gasteiger partial charge in [-0.05, 0) is 94.3 Å². The summed E-state index contributed by atoms with van der Waals surface area (Å²) >= 11 is 0. The van der Waals surface area contributed by atoms with E-state index in [0.29, 0.717) is 5.82 Å². The first kappa shape index (κ1) is 30.6. The molecule has 1 aliphatic rings. The monoisotopic (exact) mass is 726 g/mol. The summed E-state index contributed by atoms with van der Waals surface area (Å²) in [5, 5.41) is 11.0. The molecule has 3 aromatic heterocycles. The Hall–Kier alpha value is -7.76. The lowest BCUT2D eigenvalue weighted by atomic mass is 9.96. The van der Waals surface area contributed by atoms with E-state index in [0.717, 1.165) is 55.9 Å². The van der Waals surface area contributed by atoms with Crippen molar-refractivity contribution in [1.82, 2.24) is 19.1 Å². The van der Waals surface area contributed by atoms with Gasteiger partial charge in [0.2, 0.25) is 0 Å². The van der Waals surface area contributed by atoms with E-state index in [1.807, 2.05) is 36.4 Å². The van der Waals surface area contributed by atoms with Crippen LogP contribution in [0.1, 0.15) is 0 Å². The van der Waals surface area contributed by atoms with Gasteiger partial charge in [-0.15, -0.1) is 0 Å². The summed E-state index contributed by atoms with van der Waals surface area (Å²) in [7, 11) is 0. The quantitative estimate of drug-likeness (QED) is 0.170. The van der Waals surface area contributed by atoms with Crippen molar-refractivity contribution in [3.63, 3.8) is 0 Å². The Labute approximate surface area is 326 Å². The van der Waals surface area contributed by atoms with Crippen LogP contribution in [0.2, 0.25) is 0 Å². The van der Waals surface area contributed by atoms with Crippen LogP contribution in [-0.2, 0) is 0 Å². The average Bonchev–Trinajstić information content (AvgIpc) is 3.80. The molecule has 4 heterocycles. The number of para-hydroxylation sites is 4. The predicted molar refractivity (Wildman–Crippen MR) is 234 cm³/mol. The van der Waals surface area contributed by atoms with E-state index >= 15 is 0 Å². The molecule has 0 spiro atoms. The van der Waals surface area contributed by atoms with Crippen LogP contribution < -0.4 is 4.74 Å². The van der Waals surface area contributed by atoms with Gasteiger partial charge in [0.15, 0.2) is 5.82 Å². The van der Waals surface area contributed by atoms with Crippen molar-refractivity contribution >= 4 is 76.1 Å². The highest BCUT2D eigenvalue weighted by atomic mass is 16.5. The number of benzene rings is 9. The Morgan fingerprint density at radius 1 is 0.368 bits per heavy atom. The van der Waals surface area contributed by atoms with E-state index in [1.165, 1.54) is 59.8 Å². The molecular formula is C52H30N4O. The SMILES string of the molecule is c1ccc(-n2c3ccccc3c3c4ccc5c(ccc6c5c5ccccc5n6-c5cccc(-c6nc7c8c(cccc8n6)Oc6ccccc6-7)c5)c4ccc32)cc1. The molecule has 0 N–H and O–H groups in total. The van der Waals surface area contributed by atoms with Crippen LogP contribution in [0.4, 0.5) is 0 Å². The van der Waals surface area contributed by atoms with E-state index in [2.05, 4.69) is 155 Å². The summed E-state index contributed by atoms with van der Waals surface area (Å²) in [5.74, 6) is 2.28. The molecule has 0 bridgehead atoms. The molecule has 5 heteroatoms. The minimum absolute atomic E-state index is 0.686. The number of rotatable bonds is 3. The molecule has 0 fully saturated rings. The third-order valence-corrected chi connectivity index (χ3v) is 11.9. The molecule has 264 valence electrons. The Kier molecular flexibility index (Phi) is 6.10. The first-order valence-electron chi connectivity index (χ1n) is 19.3. The third-order valence-electron chi connectivity index (χ3n) is 11.9. The summed E-state index contributed by atoms with van der Waals surface area (Å²) in [4.78, 5) is 10.3. The van der Waals surface area contributed by atoms with Crippen LogP contribution in [0, 0.1) is 0 Å². The first-order valence-corrected chi connectivity index (χ1v) is 19.3. The van der Waals surface area contributed by atoms with Gasteiger partial charge in [-0.3, -0.25) is 0 Å². The molecule has 0 atom stereocenters. The number of hydrogen-bond acceptors (Lipinski definition) is 3. The zero-order chi connectivity index (χ0) is 37.2. The molecule has 0 unspecified atom stereocenters.